The molecule has 0 bridgehead atoms. The topological polar surface area (TPSA) is 66.9 Å². The van der Waals surface area contributed by atoms with Gasteiger partial charge >= 0.3 is 15.5 Å². The molecule has 2 atom stereocenters. The summed E-state index contributed by atoms with van der Waals surface area (Å²) in [6.45, 7) is 1.84. The molecule has 0 radical (unpaired) electrons. The van der Waals surface area contributed by atoms with Crippen LogP contribution in [0.3, 0.4) is 0 Å². The maximum Gasteiger partial charge on any atom is 0.511 e. The Morgan fingerprint density at radius 2 is 1.84 bits per heavy atom. The molecule has 2 saturated heterocycles. The predicted octanol–water partition coefficient (Wildman–Crippen LogP) is 1.58. The lowest BCUT2D eigenvalue weighted by molar-refractivity contribution is -0.137. The molecule has 0 aromatic rings. The highest BCUT2D eigenvalue weighted by atomic mass is 32.2. The van der Waals surface area contributed by atoms with Crippen molar-refractivity contribution >= 4 is 15.9 Å². The number of ether oxygens (including phenoxy) is 1. The van der Waals surface area contributed by atoms with Gasteiger partial charge in [-0.05, 0) is 18.8 Å². The molecule has 1 aliphatic carbocycles. The lowest BCUT2D eigenvalue weighted by atomic mass is 9.83. The fourth-order valence-corrected chi connectivity index (χ4v) is 5.28. The third-order valence-electron chi connectivity index (χ3n) is 5.67. The van der Waals surface area contributed by atoms with Crippen molar-refractivity contribution in [3.63, 3.8) is 0 Å². The van der Waals surface area contributed by atoms with E-state index in [1.54, 1.807) is 11.8 Å². The Morgan fingerprint density at radius 3 is 2.40 bits per heavy atom. The summed E-state index contributed by atoms with van der Waals surface area (Å²) in [7, 11) is -5.31. The van der Waals surface area contributed by atoms with Gasteiger partial charge in [-0.25, -0.2) is 8.42 Å². The van der Waals surface area contributed by atoms with Crippen molar-refractivity contribution < 1.29 is 31.1 Å². The summed E-state index contributed by atoms with van der Waals surface area (Å²) in [5, 5.41) is 0. The number of alkyl halides is 3. The van der Waals surface area contributed by atoms with Gasteiger partial charge < -0.3 is 9.64 Å². The Morgan fingerprint density at radius 1 is 1.20 bits per heavy atom. The lowest BCUT2D eigenvalue weighted by Gasteiger charge is -2.26. The van der Waals surface area contributed by atoms with Crippen LogP contribution >= 0.6 is 0 Å². The van der Waals surface area contributed by atoms with Gasteiger partial charge in [0.1, 0.15) is 6.61 Å². The average molecular weight is 384 g/mol. The van der Waals surface area contributed by atoms with E-state index in [0.29, 0.717) is 4.31 Å². The van der Waals surface area contributed by atoms with Crippen molar-refractivity contribution in [2.45, 2.75) is 44.2 Å². The lowest BCUT2D eigenvalue weighted by Crippen LogP contribution is -2.43. The summed E-state index contributed by atoms with van der Waals surface area (Å²) < 4.78 is 67.5. The van der Waals surface area contributed by atoms with E-state index in [9.17, 15) is 26.4 Å². The van der Waals surface area contributed by atoms with Gasteiger partial charge in [0.15, 0.2) is 0 Å². The highest BCUT2D eigenvalue weighted by Crippen LogP contribution is 2.45. The summed E-state index contributed by atoms with van der Waals surface area (Å²) in [6.07, 6.45) is 4.24. The van der Waals surface area contributed by atoms with E-state index >= 15 is 0 Å². The number of rotatable bonds is 4. The van der Waals surface area contributed by atoms with E-state index in [2.05, 4.69) is 0 Å². The predicted molar refractivity (Wildman–Crippen MR) is 82.9 cm³/mol. The number of amides is 1. The molecule has 1 amide bonds. The number of halogens is 3. The van der Waals surface area contributed by atoms with Crippen LogP contribution in [0.4, 0.5) is 13.2 Å². The molecule has 0 aromatic heterocycles. The number of sulfonamides is 1. The third kappa shape index (κ3) is 3.52. The van der Waals surface area contributed by atoms with Gasteiger partial charge in [-0.15, -0.1) is 0 Å². The molecule has 6 nitrogen and oxygen atoms in total. The standard InChI is InChI=1S/C15H23F3N2O4S/c1-14-9-19(13(21)8-24-12-4-2-3-5-12)6-11(14)7-20(10-14)25(22,23)15(16,17)18/h11-12H,2-10H2,1H3/t11-,14+/m0/s1. The maximum absolute atomic E-state index is 12.7. The molecule has 1 saturated carbocycles. The first-order valence-electron chi connectivity index (χ1n) is 8.49. The van der Waals surface area contributed by atoms with Gasteiger partial charge in [0.25, 0.3) is 0 Å². The van der Waals surface area contributed by atoms with E-state index < -0.39 is 20.9 Å². The maximum atomic E-state index is 12.7. The average Bonchev–Trinajstić information content (AvgIpc) is 3.17. The largest absolute Gasteiger partial charge is 0.511 e. The minimum Gasteiger partial charge on any atom is -0.368 e. The molecule has 2 aliphatic heterocycles. The van der Waals surface area contributed by atoms with Gasteiger partial charge in [-0.1, -0.05) is 19.8 Å². The number of carbonyl (C=O) groups is 1. The Kier molecular flexibility index (Phi) is 4.83. The van der Waals surface area contributed by atoms with E-state index in [1.807, 2.05) is 0 Å². The van der Waals surface area contributed by atoms with E-state index in [4.69, 9.17) is 4.74 Å². The van der Waals surface area contributed by atoms with Crippen LogP contribution in [-0.4, -0.2) is 67.9 Å². The van der Waals surface area contributed by atoms with Crippen LogP contribution in [0.15, 0.2) is 0 Å². The molecule has 2 heterocycles. The third-order valence-corrected chi connectivity index (χ3v) is 7.21. The zero-order valence-corrected chi connectivity index (χ0v) is 14.9. The Balaban J connectivity index is 1.57. The second-order valence-electron chi connectivity index (χ2n) is 7.59. The first-order chi connectivity index (χ1) is 11.5. The molecule has 0 unspecified atom stereocenters. The fraction of sp³-hybridized carbons (Fsp3) is 0.933. The Bertz CT molecular complexity index is 633. The quantitative estimate of drug-likeness (QED) is 0.738. The van der Waals surface area contributed by atoms with Crippen LogP contribution in [-0.2, 0) is 19.6 Å². The molecule has 0 N–H and O–H groups in total. The summed E-state index contributed by atoms with van der Waals surface area (Å²) in [5.41, 5.74) is -5.94. The van der Waals surface area contributed by atoms with Gasteiger partial charge in [-0.2, -0.15) is 17.5 Å². The molecule has 10 heteroatoms. The van der Waals surface area contributed by atoms with Gasteiger partial charge in [0.2, 0.25) is 5.91 Å². The highest BCUT2D eigenvalue weighted by Gasteiger charge is 2.58. The summed E-state index contributed by atoms with van der Waals surface area (Å²) >= 11 is 0. The van der Waals surface area contributed by atoms with Crippen LogP contribution in [0, 0.1) is 11.3 Å². The van der Waals surface area contributed by atoms with Crippen LogP contribution in [0.5, 0.6) is 0 Å². The zero-order valence-electron chi connectivity index (χ0n) is 14.1. The van der Waals surface area contributed by atoms with Crippen LogP contribution in [0.2, 0.25) is 0 Å². The van der Waals surface area contributed by atoms with Crippen molar-refractivity contribution in [3.8, 4) is 0 Å². The van der Waals surface area contributed by atoms with Crippen LogP contribution < -0.4 is 0 Å². The number of hydrogen-bond donors (Lipinski definition) is 0. The molecule has 0 aromatic carbocycles. The van der Waals surface area contributed by atoms with Crippen molar-refractivity contribution in [1.82, 2.24) is 9.21 Å². The molecule has 3 aliphatic rings. The van der Waals surface area contributed by atoms with E-state index in [1.165, 1.54) is 0 Å². The Labute approximate surface area is 145 Å². The molecule has 3 rings (SSSR count). The monoisotopic (exact) mass is 384 g/mol. The first-order valence-corrected chi connectivity index (χ1v) is 9.93. The second kappa shape index (κ2) is 6.38. The van der Waals surface area contributed by atoms with Crippen LogP contribution in [0.25, 0.3) is 0 Å². The van der Waals surface area contributed by atoms with Crippen molar-refractivity contribution in [2.24, 2.45) is 11.3 Å². The molecule has 144 valence electrons. The molecule has 25 heavy (non-hydrogen) atoms. The summed E-state index contributed by atoms with van der Waals surface area (Å²) in [4.78, 5) is 13.9. The van der Waals surface area contributed by atoms with Gasteiger partial charge in [0, 0.05) is 31.6 Å². The second-order valence-corrected chi connectivity index (χ2v) is 9.52. The minimum atomic E-state index is -5.31. The van der Waals surface area contributed by atoms with E-state index in [-0.39, 0.29) is 50.7 Å². The molecular weight excluding hydrogens is 361 g/mol. The fourth-order valence-electron chi connectivity index (χ4n) is 4.14. The number of likely N-dealkylation sites (tertiary alicyclic amines) is 1. The van der Waals surface area contributed by atoms with Crippen molar-refractivity contribution in [2.75, 3.05) is 32.8 Å². The summed E-state index contributed by atoms with van der Waals surface area (Å²) in [6, 6.07) is 0. The number of nitrogens with zero attached hydrogens (tertiary/aromatic N) is 2. The minimum absolute atomic E-state index is 0.0158. The smallest absolute Gasteiger partial charge is 0.368 e. The van der Waals surface area contributed by atoms with Crippen LogP contribution in [0.1, 0.15) is 32.6 Å². The number of carbonyl (C=O) groups excluding carboxylic acids is 1. The normalized spacial score (nSPS) is 31.7. The zero-order chi connectivity index (χ0) is 18.5. The Hall–Kier alpha value is -0.870. The first kappa shape index (κ1) is 18.9. The molecular formula is C15H23F3N2O4S. The van der Waals surface area contributed by atoms with E-state index in [0.717, 1.165) is 25.7 Å². The van der Waals surface area contributed by atoms with Gasteiger partial charge in [-0.3, -0.25) is 4.79 Å². The molecule has 0 spiro atoms. The number of fused-ring (bicyclic) bond motifs is 1. The highest BCUT2D eigenvalue weighted by molar-refractivity contribution is 7.90. The van der Waals surface area contributed by atoms with Crippen molar-refractivity contribution in [3.05, 3.63) is 0 Å². The van der Waals surface area contributed by atoms with Gasteiger partial charge in [0.05, 0.1) is 6.10 Å². The summed E-state index contributed by atoms with van der Waals surface area (Å²) in [5.74, 6) is -0.465. The SMILES string of the molecule is C[C@]12CN(C(=O)COC3CCCC3)C[C@H]1CN(S(=O)(=O)C(F)(F)F)C2. The number of hydrogen-bond acceptors (Lipinski definition) is 4. The van der Waals surface area contributed by atoms with Crippen molar-refractivity contribution in [1.29, 1.82) is 0 Å². The molecule has 3 fully saturated rings.